The number of hydrogen-bond acceptors (Lipinski definition) is 3. The van der Waals surface area contributed by atoms with Gasteiger partial charge in [0.1, 0.15) is 0 Å². The predicted octanol–water partition coefficient (Wildman–Crippen LogP) is 2.35. The van der Waals surface area contributed by atoms with Gasteiger partial charge in [-0.1, -0.05) is 19.3 Å². The Kier molecular flexibility index (Phi) is 6.67. The number of rotatable bonds is 5. The lowest BCUT2D eigenvalue weighted by molar-refractivity contribution is -0.131. The van der Waals surface area contributed by atoms with Crippen molar-refractivity contribution in [2.24, 2.45) is 0 Å². The number of hydrogen-bond donors (Lipinski definition) is 0. The third-order valence-electron chi connectivity index (χ3n) is 4.22. The van der Waals surface area contributed by atoms with Gasteiger partial charge in [-0.15, -0.1) is 0 Å². The molecule has 0 N–H and O–H groups in total. The number of carbonyl (C=O) groups is 1. The minimum Gasteiger partial charge on any atom is -0.344 e. The maximum atomic E-state index is 12.3. The molecule has 0 bridgehead atoms. The topological polar surface area (TPSA) is 36.4 Å². The number of amides is 1. The largest absolute Gasteiger partial charge is 0.344 e. The van der Waals surface area contributed by atoms with E-state index in [9.17, 15) is 4.79 Å². The average molecular weight is 289 g/mol. The molecular formula is C17H27N3O. The number of pyridine rings is 1. The van der Waals surface area contributed by atoms with E-state index < -0.39 is 0 Å². The molecule has 1 aliphatic rings. The first-order chi connectivity index (χ1) is 10.3. The summed E-state index contributed by atoms with van der Waals surface area (Å²) in [5, 5.41) is 0. The molecule has 0 aliphatic carbocycles. The highest BCUT2D eigenvalue weighted by Crippen LogP contribution is 2.10. The SMILES string of the molecule is CN(CCc1ccncc1)C(=O)CN1CCCCCCC1. The molecule has 2 rings (SSSR count). The molecular weight excluding hydrogens is 262 g/mol. The van der Waals surface area contributed by atoms with Crippen LogP contribution in [0, 0.1) is 0 Å². The number of aromatic nitrogens is 1. The van der Waals surface area contributed by atoms with E-state index in [-0.39, 0.29) is 5.91 Å². The highest BCUT2D eigenvalue weighted by molar-refractivity contribution is 5.78. The van der Waals surface area contributed by atoms with Crippen molar-refractivity contribution in [3.8, 4) is 0 Å². The summed E-state index contributed by atoms with van der Waals surface area (Å²) in [5.41, 5.74) is 1.23. The fraction of sp³-hybridized carbons (Fsp3) is 0.647. The van der Waals surface area contributed by atoms with Crippen molar-refractivity contribution in [1.29, 1.82) is 0 Å². The molecule has 4 heteroatoms. The standard InChI is InChI=1S/C17H27N3O/c1-19(14-9-16-7-10-18-11-8-16)17(21)15-20-12-5-3-2-4-6-13-20/h7-8,10-11H,2-6,9,12-15H2,1H3. The van der Waals surface area contributed by atoms with Crippen LogP contribution in [-0.4, -0.2) is 53.9 Å². The van der Waals surface area contributed by atoms with Crippen LogP contribution >= 0.6 is 0 Å². The predicted molar refractivity (Wildman–Crippen MR) is 85.1 cm³/mol. The van der Waals surface area contributed by atoms with Crippen LogP contribution in [-0.2, 0) is 11.2 Å². The number of likely N-dealkylation sites (N-methyl/N-ethyl adjacent to an activating group) is 1. The lowest BCUT2D eigenvalue weighted by Crippen LogP contribution is -2.40. The van der Waals surface area contributed by atoms with Gasteiger partial charge in [-0.05, 0) is 50.0 Å². The Hall–Kier alpha value is -1.42. The Labute approximate surface area is 128 Å². The highest BCUT2D eigenvalue weighted by atomic mass is 16.2. The highest BCUT2D eigenvalue weighted by Gasteiger charge is 2.15. The van der Waals surface area contributed by atoms with Crippen molar-refractivity contribution in [3.63, 3.8) is 0 Å². The Morgan fingerprint density at radius 1 is 1.14 bits per heavy atom. The Balaban J connectivity index is 1.73. The van der Waals surface area contributed by atoms with Gasteiger partial charge in [-0.2, -0.15) is 0 Å². The van der Waals surface area contributed by atoms with E-state index in [1.807, 2.05) is 24.1 Å². The first kappa shape index (κ1) is 16.0. The van der Waals surface area contributed by atoms with Crippen molar-refractivity contribution >= 4 is 5.91 Å². The zero-order valence-corrected chi connectivity index (χ0v) is 13.1. The summed E-state index contributed by atoms with van der Waals surface area (Å²) < 4.78 is 0. The van der Waals surface area contributed by atoms with Crippen LogP contribution in [0.1, 0.15) is 37.7 Å². The van der Waals surface area contributed by atoms with Gasteiger partial charge in [0.25, 0.3) is 0 Å². The Morgan fingerprint density at radius 2 is 1.76 bits per heavy atom. The van der Waals surface area contributed by atoms with Crippen LogP contribution in [0.3, 0.4) is 0 Å². The van der Waals surface area contributed by atoms with Crippen molar-refractivity contribution in [2.45, 2.75) is 38.5 Å². The molecule has 1 fully saturated rings. The molecule has 1 amide bonds. The van der Waals surface area contributed by atoms with Gasteiger partial charge in [-0.25, -0.2) is 0 Å². The van der Waals surface area contributed by atoms with E-state index in [2.05, 4.69) is 9.88 Å². The average Bonchev–Trinajstić information content (AvgIpc) is 2.48. The molecule has 0 aromatic carbocycles. The monoisotopic (exact) mass is 289 g/mol. The van der Waals surface area contributed by atoms with E-state index >= 15 is 0 Å². The van der Waals surface area contributed by atoms with E-state index in [0.29, 0.717) is 6.54 Å². The Morgan fingerprint density at radius 3 is 2.43 bits per heavy atom. The fourth-order valence-corrected chi connectivity index (χ4v) is 2.75. The summed E-state index contributed by atoms with van der Waals surface area (Å²) in [5.74, 6) is 0.240. The normalized spacial score (nSPS) is 17.0. The summed E-state index contributed by atoms with van der Waals surface area (Å²) in [7, 11) is 1.91. The maximum absolute atomic E-state index is 12.3. The van der Waals surface area contributed by atoms with Crippen LogP contribution < -0.4 is 0 Å². The Bertz CT molecular complexity index is 413. The molecule has 0 unspecified atom stereocenters. The van der Waals surface area contributed by atoms with Crippen LogP contribution in [0.15, 0.2) is 24.5 Å². The van der Waals surface area contributed by atoms with E-state index in [1.54, 1.807) is 12.4 Å². The van der Waals surface area contributed by atoms with Gasteiger partial charge < -0.3 is 4.90 Å². The number of carbonyl (C=O) groups excluding carboxylic acids is 1. The van der Waals surface area contributed by atoms with Crippen molar-refractivity contribution in [1.82, 2.24) is 14.8 Å². The number of likely N-dealkylation sites (tertiary alicyclic amines) is 1. The van der Waals surface area contributed by atoms with Crippen molar-refractivity contribution in [2.75, 3.05) is 33.2 Å². The molecule has 1 aromatic heterocycles. The first-order valence-electron chi connectivity index (χ1n) is 8.11. The van der Waals surface area contributed by atoms with Gasteiger partial charge in [0, 0.05) is 26.0 Å². The second kappa shape index (κ2) is 8.78. The molecule has 1 saturated heterocycles. The third kappa shape index (κ3) is 5.84. The molecule has 21 heavy (non-hydrogen) atoms. The molecule has 116 valence electrons. The second-order valence-corrected chi connectivity index (χ2v) is 5.96. The van der Waals surface area contributed by atoms with Gasteiger partial charge >= 0.3 is 0 Å². The van der Waals surface area contributed by atoms with Crippen LogP contribution in [0.4, 0.5) is 0 Å². The molecule has 2 heterocycles. The molecule has 0 atom stereocenters. The molecule has 1 aliphatic heterocycles. The summed E-state index contributed by atoms with van der Waals surface area (Å²) >= 11 is 0. The van der Waals surface area contributed by atoms with E-state index in [0.717, 1.165) is 26.1 Å². The minimum atomic E-state index is 0.240. The molecule has 1 aromatic rings. The molecule has 0 spiro atoms. The lowest BCUT2D eigenvalue weighted by atomic mass is 10.1. The van der Waals surface area contributed by atoms with Gasteiger partial charge in [0.2, 0.25) is 5.91 Å². The first-order valence-corrected chi connectivity index (χ1v) is 8.11. The van der Waals surface area contributed by atoms with Gasteiger partial charge in [0.05, 0.1) is 6.54 Å². The fourth-order valence-electron chi connectivity index (χ4n) is 2.75. The maximum Gasteiger partial charge on any atom is 0.236 e. The third-order valence-corrected chi connectivity index (χ3v) is 4.22. The van der Waals surface area contributed by atoms with Crippen molar-refractivity contribution in [3.05, 3.63) is 30.1 Å². The number of nitrogens with zero attached hydrogens (tertiary/aromatic N) is 3. The minimum absolute atomic E-state index is 0.240. The van der Waals surface area contributed by atoms with Crippen molar-refractivity contribution < 1.29 is 4.79 Å². The quantitative estimate of drug-likeness (QED) is 0.835. The summed E-state index contributed by atoms with van der Waals surface area (Å²) in [6, 6.07) is 4.02. The molecule has 4 nitrogen and oxygen atoms in total. The second-order valence-electron chi connectivity index (χ2n) is 5.96. The zero-order chi connectivity index (χ0) is 14.9. The summed E-state index contributed by atoms with van der Waals surface area (Å²) in [4.78, 5) is 20.5. The van der Waals surface area contributed by atoms with E-state index in [4.69, 9.17) is 0 Å². The lowest BCUT2D eigenvalue weighted by Gasteiger charge is -2.26. The smallest absolute Gasteiger partial charge is 0.236 e. The molecule has 0 radical (unpaired) electrons. The van der Waals surface area contributed by atoms with E-state index in [1.165, 1.54) is 37.7 Å². The van der Waals surface area contributed by atoms with Crippen LogP contribution in [0.2, 0.25) is 0 Å². The van der Waals surface area contributed by atoms with Crippen LogP contribution in [0.5, 0.6) is 0 Å². The summed E-state index contributed by atoms with van der Waals surface area (Å²) in [6.07, 6.45) is 10.9. The van der Waals surface area contributed by atoms with Crippen LogP contribution in [0.25, 0.3) is 0 Å². The van der Waals surface area contributed by atoms with Gasteiger partial charge in [0.15, 0.2) is 0 Å². The summed E-state index contributed by atoms with van der Waals surface area (Å²) in [6.45, 7) is 3.50. The zero-order valence-electron chi connectivity index (χ0n) is 13.1. The van der Waals surface area contributed by atoms with Gasteiger partial charge in [-0.3, -0.25) is 14.7 Å². The molecule has 0 saturated carbocycles.